The van der Waals surface area contributed by atoms with Crippen LogP contribution in [0.5, 0.6) is 11.5 Å². The molecule has 0 amide bonds. The van der Waals surface area contributed by atoms with Crippen LogP contribution in [-0.4, -0.2) is 31.4 Å². The first-order valence-electron chi connectivity index (χ1n) is 8.16. The Labute approximate surface area is 154 Å². The summed E-state index contributed by atoms with van der Waals surface area (Å²) < 4.78 is 21.7. The van der Waals surface area contributed by atoms with Gasteiger partial charge in [-0.15, -0.1) is 0 Å². The largest absolute Gasteiger partial charge is 0.514 e. The highest BCUT2D eigenvalue weighted by Gasteiger charge is 2.50. The number of hydrogen-bond donors (Lipinski definition) is 0. The monoisotopic (exact) mass is 412 g/mol. The summed E-state index contributed by atoms with van der Waals surface area (Å²) in [5.41, 5.74) is 0.424. The molecule has 7 heteroatoms. The van der Waals surface area contributed by atoms with Crippen molar-refractivity contribution in [3.05, 3.63) is 21.7 Å². The summed E-state index contributed by atoms with van der Waals surface area (Å²) in [7, 11) is 1.28. The van der Waals surface area contributed by atoms with Crippen molar-refractivity contribution < 1.29 is 28.5 Å². The van der Waals surface area contributed by atoms with Crippen molar-refractivity contribution in [1.29, 1.82) is 0 Å². The van der Waals surface area contributed by atoms with Crippen molar-refractivity contribution in [1.82, 2.24) is 0 Å². The molecule has 1 heterocycles. The van der Waals surface area contributed by atoms with E-state index in [1.165, 1.54) is 7.11 Å². The van der Waals surface area contributed by atoms with Crippen molar-refractivity contribution in [3.63, 3.8) is 0 Å². The van der Waals surface area contributed by atoms with Crippen molar-refractivity contribution >= 4 is 28.1 Å². The first kappa shape index (κ1) is 18.0. The van der Waals surface area contributed by atoms with Crippen LogP contribution in [0.2, 0.25) is 0 Å². The van der Waals surface area contributed by atoms with Crippen LogP contribution >= 0.6 is 15.9 Å². The third-order valence-electron chi connectivity index (χ3n) is 4.40. The van der Waals surface area contributed by atoms with Gasteiger partial charge in [-0.1, -0.05) is 0 Å². The van der Waals surface area contributed by atoms with Crippen molar-refractivity contribution in [3.8, 4) is 11.5 Å². The zero-order valence-corrected chi connectivity index (χ0v) is 16.3. The number of esters is 1. The van der Waals surface area contributed by atoms with Gasteiger partial charge in [0.25, 0.3) is 0 Å². The van der Waals surface area contributed by atoms with E-state index < -0.39 is 17.7 Å². The predicted molar refractivity (Wildman–Crippen MR) is 93.4 cm³/mol. The number of ether oxygens (including phenoxy) is 4. The Morgan fingerprint density at radius 1 is 1.24 bits per heavy atom. The highest BCUT2D eigenvalue weighted by molar-refractivity contribution is 9.10. The molecule has 1 aliphatic heterocycles. The molecule has 0 saturated heterocycles. The van der Waals surface area contributed by atoms with Gasteiger partial charge in [-0.3, -0.25) is 0 Å². The molecule has 0 radical (unpaired) electrons. The van der Waals surface area contributed by atoms with Crippen LogP contribution in [0.25, 0.3) is 0 Å². The second-order valence-corrected chi connectivity index (χ2v) is 8.23. The first-order valence-corrected chi connectivity index (χ1v) is 8.95. The van der Waals surface area contributed by atoms with Crippen LogP contribution in [0, 0.1) is 0 Å². The molecular weight excluding hydrogens is 392 g/mol. The standard InChI is InChI=1S/C18H21BrO6/c1-17(2,3)25-16(21)24-14-11(19)9-10-13(12(14)15(20)22-4)23-8-7-18(10)5-6-18/h9H,5-8H2,1-4H3. The summed E-state index contributed by atoms with van der Waals surface area (Å²) in [6.45, 7) is 5.72. The van der Waals surface area contributed by atoms with Gasteiger partial charge in [-0.2, -0.15) is 0 Å². The van der Waals surface area contributed by atoms with E-state index in [1.807, 2.05) is 6.07 Å². The second kappa shape index (κ2) is 6.20. The number of halogens is 1. The van der Waals surface area contributed by atoms with Crippen LogP contribution in [0.1, 0.15) is 56.0 Å². The lowest BCUT2D eigenvalue weighted by atomic mass is 9.88. The number of carbonyl (C=O) groups excluding carboxylic acids is 2. The van der Waals surface area contributed by atoms with Gasteiger partial charge in [-0.05, 0) is 62.0 Å². The minimum absolute atomic E-state index is 0.0533. The predicted octanol–water partition coefficient (Wildman–Crippen LogP) is 4.36. The summed E-state index contributed by atoms with van der Waals surface area (Å²) in [5, 5.41) is 0. The fourth-order valence-corrected chi connectivity index (χ4v) is 3.56. The summed E-state index contributed by atoms with van der Waals surface area (Å²) in [4.78, 5) is 24.5. The minimum Gasteiger partial charge on any atom is -0.492 e. The Morgan fingerprint density at radius 2 is 1.92 bits per heavy atom. The maximum absolute atomic E-state index is 12.4. The van der Waals surface area contributed by atoms with Gasteiger partial charge < -0.3 is 18.9 Å². The number of benzene rings is 1. The molecule has 1 saturated carbocycles. The molecule has 1 spiro atoms. The van der Waals surface area contributed by atoms with Gasteiger partial charge in [0.1, 0.15) is 16.9 Å². The highest BCUT2D eigenvalue weighted by atomic mass is 79.9. The maximum Gasteiger partial charge on any atom is 0.514 e. The highest BCUT2D eigenvalue weighted by Crippen LogP contribution is 2.58. The molecule has 25 heavy (non-hydrogen) atoms. The Morgan fingerprint density at radius 3 is 2.48 bits per heavy atom. The van der Waals surface area contributed by atoms with Crippen LogP contribution in [0.15, 0.2) is 10.5 Å². The minimum atomic E-state index is -0.893. The van der Waals surface area contributed by atoms with Gasteiger partial charge >= 0.3 is 12.1 Å². The number of methoxy groups -OCH3 is 1. The van der Waals surface area contributed by atoms with E-state index in [0.29, 0.717) is 16.8 Å². The summed E-state index contributed by atoms with van der Waals surface area (Å²) in [5.74, 6) is -0.122. The molecule has 0 aromatic heterocycles. The quantitative estimate of drug-likeness (QED) is 0.530. The third kappa shape index (κ3) is 3.47. The summed E-state index contributed by atoms with van der Waals surface area (Å²) in [6.07, 6.45) is 2.14. The Hall–Kier alpha value is -1.76. The van der Waals surface area contributed by atoms with Gasteiger partial charge in [0.2, 0.25) is 0 Å². The number of fused-ring (bicyclic) bond motifs is 2. The van der Waals surface area contributed by atoms with Crippen molar-refractivity contribution in [2.75, 3.05) is 13.7 Å². The molecule has 0 atom stereocenters. The molecule has 1 fully saturated rings. The number of carbonyl (C=O) groups is 2. The molecular formula is C18H21BrO6. The molecule has 0 N–H and O–H groups in total. The van der Waals surface area contributed by atoms with Crippen molar-refractivity contribution in [2.45, 2.75) is 51.0 Å². The lowest BCUT2D eigenvalue weighted by Gasteiger charge is -2.28. The van der Waals surface area contributed by atoms with Crippen LogP contribution in [0.4, 0.5) is 4.79 Å². The van der Waals surface area contributed by atoms with E-state index in [0.717, 1.165) is 24.8 Å². The molecule has 1 aliphatic carbocycles. The molecule has 2 aliphatic rings. The third-order valence-corrected chi connectivity index (χ3v) is 4.99. The van der Waals surface area contributed by atoms with E-state index in [2.05, 4.69) is 15.9 Å². The Kier molecular flexibility index (Phi) is 4.47. The average molecular weight is 413 g/mol. The number of hydrogen-bond acceptors (Lipinski definition) is 6. The molecule has 1 aromatic rings. The average Bonchev–Trinajstić information content (AvgIpc) is 3.27. The van der Waals surface area contributed by atoms with Gasteiger partial charge in [-0.25, -0.2) is 9.59 Å². The molecule has 0 unspecified atom stereocenters. The first-order chi connectivity index (χ1) is 11.7. The molecule has 6 nitrogen and oxygen atoms in total. The number of rotatable bonds is 2. The van der Waals surface area contributed by atoms with Gasteiger partial charge in [0.05, 0.1) is 18.2 Å². The van der Waals surface area contributed by atoms with E-state index in [1.54, 1.807) is 20.8 Å². The zero-order chi connectivity index (χ0) is 18.4. The van der Waals surface area contributed by atoms with Gasteiger partial charge in [0.15, 0.2) is 5.75 Å². The van der Waals surface area contributed by atoms with Crippen LogP contribution in [-0.2, 0) is 14.9 Å². The lowest BCUT2D eigenvalue weighted by Crippen LogP contribution is -2.27. The summed E-state index contributed by atoms with van der Waals surface area (Å²) in [6, 6.07) is 1.87. The van der Waals surface area contributed by atoms with Gasteiger partial charge in [0, 0.05) is 11.0 Å². The maximum atomic E-state index is 12.4. The molecule has 136 valence electrons. The fourth-order valence-electron chi connectivity index (χ4n) is 3.05. The van der Waals surface area contributed by atoms with E-state index in [4.69, 9.17) is 18.9 Å². The van der Waals surface area contributed by atoms with Crippen molar-refractivity contribution in [2.24, 2.45) is 0 Å². The second-order valence-electron chi connectivity index (χ2n) is 7.38. The lowest BCUT2D eigenvalue weighted by molar-refractivity contribution is 0.0201. The topological polar surface area (TPSA) is 71.1 Å². The summed E-state index contributed by atoms with van der Waals surface area (Å²) >= 11 is 3.42. The molecule has 0 bridgehead atoms. The Balaban J connectivity index is 2.06. The van der Waals surface area contributed by atoms with Crippen LogP contribution in [0.3, 0.4) is 0 Å². The van der Waals surface area contributed by atoms with E-state index >= 15 is 0 Å². The van der Waals surface area contributed by atoms with E-state index in [9.17, 15) is 9.59 Å². The Bertz CT molecular complexity index is 730. The molecule has 1 aromatic carbocycles. The van der Waals surface area contributed by atoms with E-state index in [-0.39, 0.29) is 16.7 Å². The zero-order valence-electron chi connectivity index (χ0n) is 14.7. The normalized spacial score (nSPS) is 17.3. The SMILES string of the molecule is COC(=O)c1c(OC(=O)OC(C)(C)C)c(Br)cc2c1OCCC21CC1. The van der Waals surface area contributed by atoms with Crippen LogP contribution < -0.4 is 9.47 Å². The smallest absolute Gasteiger partial charge is 0.492 e. The molecule has 3 rings (SSSR count). The fraction of sp³-hybridized carbons (Fsp3) is 0.556.